The van der Waals surface area contributed by atoms with E-state index in [0.29, 0.717) is 19.3 Å². The van der Waals surface area contributed by atoms with E-state index in [-0.39, 0.29) is 36.4 Å². The third kappa shape index (κ3) is 4.85. The van der Waals surface area contributed by atoms with E-state index >= 15 is 0 Å². The molecule has 0 fully saturated rings. The predicted molar refractivity (Wildman–Crippen MR) is 131 cm³/mol. The summed E-state index contributed by atoms with van der Waals surface area (Å²) in [6.45, 7) is 0.235. The molecule has 3 aliphatic rings. The monoisotopic (exact) mass is 472 g/mol. The molecular weight excluding hydrogens is 444 g/mol. The van der Waals surface area contributed by atoms with Gasteiger partial charge in [-0.1, -0.05) is 72.8 Å². The normalized spacial score (nSPS) is 24.5. The third-order valence-electron chi connectivity index (χ3n) is 7.07. The number of nitrogens with one attached hydrogen (secondary N) is 2. The van der Waals surface area contributed by atoms with Crippen molar-refractivity contribution in [2.45, 2.75) is 37.3 Å². The summed E-state index contributed by atoms with van der Waals surface area (Å²) in [6, 6.07) is 15.8. The van der Waals surface area contributed by atoms with Crippen molar-refractivity contribution in [2.75, 3.05) is 6.61 Å². The molecule has 0 heterocycles. The Morgan fingerprint density at radius 1 is 0.857 bits per heavy atom. The number of benzene rings is 2. The summed E-state index contributed by atoms with van der Waals surface area (Å²) in [5, 5.41) is 14.9. The molecule has 3 aliphatic carbocycles. The number of aliphatic carboxylic acids is 1. The van der Waals surface area contributed by atoms with Gasteiger partial charge < -0.3 is 20.5 Å². The SMILES string of the molecule is O=C(NC1C=CCC(C(=O)NC2C=CC(C(=O)O)C2)C1)OCC1c2ccccc2-c2ccccc21. The molecule has 0 saturated heterocycles. The van der Waals surface area contributed by atoms with E-state index in [1.807, 2.05) is 36.4 Å². The van der Waals surface area contributed by atoms with Gasteiger partial charge in [-0.3, -0.25) is 9.59 Å². The van der Waals surface area contributed by atoms with Gasteiger partial charge in [-0.2, -0.15) is 0 Å². The summed E-state index contributed by atoms with van der Waals surface area (Å²) in [4.78, 5) is 36.5. The quantitative estimate of drug-likeness (QED) is 0.551. The van der Waals surface area contributed by atoms with Crippen molar-refractivity contribution >= 4 is 18.0 Å². The minimum absolute atomic E-state index is 0.0114. The maximum absolute atomic E-state index is 12.7. The molecule has 3 N–H and O–H groups in total. The number of hydrogen-bond acceptors (Lipinski definition) is 4. The number of alkyl carbamates (subject to hydrolysis) is 1. The lowest BCUT2D eigenvalue weighted by Gasteiger charge is -2.26. The lowest BCUT2D eigenvalue weighted by molar-refractivity contribution is -0.140. The van der Waals surface area contributed by atoms with Gasteiger partial charge in [0.05, 0.1) is 12.0 Å². The minimum Gasteiger partial charge on any atom is -0.481 e. The van der Waals surface area contributed by atoms with Gasteiger partial charge in [-0.05, 0) is 41.5 Å². The van der Waals surface area contributed by atoms with Crippen LogP contribution in [0, 0.1) is 11.8 Å². The number of carbonyl (C=O) groups excluding carboxylic acids is 2. The highest BCUT2D eigenvalue weighted by Gasteiger charge is 2.31. The largest absolute Gasteiger partial charge is 0.481 e. The fourth-order valence-corrected chi connectivity index (χ4v) is 5.29. The molecular formula is C28H28N2O5. The molecule has 4 unspecified atom stereocenters. The first-order chi connectivity index (χ1) is 17.0. The van der Waals surface area contributed by atoms with E-state index in [4.69, 9.17) is 9.84 Å². The maximum Gasteiger partial charge on any atom is 0.407 e. The summed E-state index contributed by atoms with van der Waals surface area (Å²) in [6.07, 6.45) is 8.04. The molecule has 2 aromatic rings. The molecule has 0 aromatic heterocycles. The number of carbonyl (C=O) groups is 3. The molecule has 2 amide bonds. The lowest BCUT2D eigenvalue weighted by Crippen LogP contribution is -2.43. The molecule has 4 atom stereocenters. The van der Waals surface area contributed by atoms with Crippen molar-refractivity contribution in [3.05, 3.63) is 84.0 Å². The topological polar surface area (TPSA) is 105 Å². The minimum atomic E-state index is -0.883. The van der Waals surface area contributed by atoms with Crippen molar-refractivity contribution in [1.29, 1.82) is 0 Å². The van der Waals surface area contributed by atoms with Crippen LogP contribution >= 0.6 is 0 Å². The third-order valence-corrected chi connectivity index (χ3v) is 7.07. The first kappa shape index (κ1) is 22.9. The fourth-order valence-electron chi connectivity index (χ4n) is 5.29. The smallest absolute Gasteiger partial charge is 0.407 e. The Balaban J connectivity index is 1.14. The van der Waals surface area contributed by atoms with Gasteiger partial charge in [0.2, 0.25) is 5.91 Å². The van der Waals surface area contributed by atoms with Crippen LogP contribution in [0.15, 0.2) is 72.8 Å². The van der Waals surface area contributed by atoms with Crippen molar-refractivity contribution in [2.24, 2.45) is 11.8 Å². The van der Waals surface area contributed by atoms with Gasteiger partial charge in [0.15, 0.2) is 0 Å². The van der Waals surface area contributed by atoms with Gasteiger partial charge >= 0.3 is 12.1 Å². The second kappa shape index (κ2) is 9.78. The number of allylic oxidation sites excluding steroid dienone is 1. The summed E-state index contributed by atoms with van der Waals surface area (Å²) in [5.74, 6) is -1.88. The molecule has 35 heavy (non-hydrogen) atoms. The molecule has 7 heteroatoms. The van der Waals surface area contributed by atoms with Crippen LogP contribution in [0.25, 0.3) is 11.1 Å². The van der Waals surface area contributed by atoms with E-state index in [2.05, 4.69) is 34.9 Å². The molecule has 5 rings (SSSR count). The van der Waals surface area contributed by atoms with Gasteiger partial charge in [-0.25, -0.2) is 4.79 Å². The summed E-state index contributed by atoms with van der Waals surface area (Å²) >= 11 is 0. The first-order valence-corrected chi connectivity index (χ1v) is 12.0. The zero-order valence-corrected chi connectivity index (χ0v) is 19.2. The van der Waals surface area contributed by atoms with Crippen LogP contribution < -0.4 is 10.6 Å². The van der Waals surface area contributed by atoms with Crippen LogP contribution in [0.5, 0.6) is 0 Å². The average Bonchev–Trinajstić information content (AvgIpc) is 3.46. The Kier molecular flexibility index (Phi) is 6.40. The van der Waals surface area contributed by atoms with Crippen LogP contribution in [0.2, 0.25) is 0 Å². The van der Waals surface area contributed by atoms with Gasteiger partial charge in [-0.15, -0.1) is 0 Å². The van der Waals surface area contributed by atoms with E-state index in [1.54, 1.807) is 12.2 Å². The summed E-state index contributed by atoms with van der Waals surface area (Å²) < 4.78 is 5.63. The number of ether oxygens (including phenoxy) is 1. The Morgan fingerprint density at radius 2 is 1.51 bits per heavy atom. The van der Waals surface area contributed by atoms with Gasteiger partial charge in [0, 0.05) is 17.9 Å². The Bertz CT molecular complexity index is 1160. The van der Waals surface area contributed by atoms with E-state index in [0.717, 1.165) is 11.1 Å². The van der Waals surface area contributed by atoms with Crippen LogP contribution in [-0.2, 0) is 14.3 Å². The molecule has 7 nitrogen and oxygen atoms in total. The van der Waals surface area contributed by atoms with E-state index < -0.39 is 18.0 Å². The fraction of sp³-hybridized carbons (Fsp3) is 0.321. The highest BCUT2D eigenvalue weighted by Crippen LogP contribution is 2.44. The average molecular weight is 473 g/mol. The molecule has 0 aliphatic heterocycles. The molecule has 2 aromatic carbocycles. The molecule has 180 valence electrons. The second-order valence-corrected chi connectivity index (χ2v) is 9.35. The highest BCUT2D eigenvalue weighted by molar-refractivity contribution is 5.81. The summed E-state index contributed by atoms with van der Waals surface area (Å²) in [7, 11) is 0. The number of hydrogen-bond donors (Lipinski definition) is 3. The van der Waals surface area contributed by atoms with Crippen molar-refractivity contribution in [3.8, 4) is 11.1 Å². The zero-order valence-electron chi connectivity index (χ0n) is 19.2. The number of carboxylic acid groups (broad SMARTS) is 1. The molecule has 0 saturated carbocycles. The van der Waals surface area contributed by atoms with Crippen LogP contribution in [0.3, 0.4) is 0 Å². The first-order valence-electron chi connectivity index (χ1n) is 12.0. The molecule has 0 spiro atoms. The van der Waals surface area contributed by atoms with Gasteiger partial charge in [0.25, 0.3) is 0 Å². The Morgan fingerprint density at radius 3 is 2.17 bits per heavy atom. The Hall–Kier alpha value is -3.87. The number of fused-ring (bicyclic) bond motifs is 3. The highest BCUT2D eigenvalue weighted by atomic mass is 16.5. The lowest BCUT2D eigenvalue weighted by atomic mass is 9.90. The second-order valence-electron chi connectivity index (χ2n) is 9.35. The molecule has 0 radical (unpaired) electrons. The predicted octanol–water partition coefficient (Wildman–Crippen LogP) is 4.01. The molecule has 0 bridgehead atoms. The van der Waals surface area contributed by atoms with E-state index in [1.165, 1.54) is 11.1 Å². The van der Waals surface area contributed by atoms with Crippen LogP contribution in [0.4, 0.5) is 4.79 Å². The van der Waals surface area contributed by atoms with Crippen LogP contribution in [0.1, 0.15) is 36.3 Å². The number of carboxylic acids is 1. The van der Waals surface area contributed by atoms with Gasteiger partial charge in [0.1, 0.15) is 6.61 Å². The van der Waals surface area contributed by atoms with Crippen molar-refractivity contribution < 1.29 is 24.2 Å². The van der Waals surface area contributed by atoms with Crippen molar-refractivity contribution in [3.63, 3.8) is 0 Å². The van der Waals surface area contributed by atoms with Crippen molar-refractivity contribution in [1.82, 2.24) is 10.6 Å². The van der Waals surface area contributed by atoms with E-state index in [9.17, 15) is 14.4 Å². The number of amides is 2. The number of rotatable bonds is 6. The maximum atomic E-state index is 12.7. The Labute approximate surface area is 203 Å². The van der Waals surface area contributed by atoms with Crippen LogP contribution in [-0.4, -0.2) is 41.8 Å². The standard InChI is InChI=1S/C28H28N2O5/c31-26(29-20-13-12-18(15-20)27(32)33)17-6-5-7-19(14-17)30-28(34)35-16-25-23-10-3-1-8-21(23)22-9-2-4-11-24(22)25/h1-5,7-13,17-20,25H,6,14-16H2,(H,29,31)(H,30,34)(H,32,33). The zero-order chi connectivity index (χ0) is 24.4. The summed E-state index contributed by atoms with van der Waals surface area (Å²) in [5.41, 5.74) is 4.66.